The third kappa shape index (κ3) is 5.72. The van der Waals surface area contributed by atoms with Gasteiger partial charge in [-0.3, -0.25) is 4.90 Å². The zero-order valence-electron chi connectivity index (χ0n) is 17.1. The number of guanidine groups is 1. The van der Waals surface area contributed by atoms with Crippen LogP contribution in [0.25, 0.3) is 0 Å². The van der Waals surface area contributed by atoms with Gasteiger partial charge in [0.25, 0.3) is 0 Å². The fraction of sp³-hybridized carbons (Fsp3) is 0.591. The second kappa shape index (κ2) is 9.94. The molecule has 2 aliphatic rings. The van der Waals surface area contributed by atoms with Gasteiger partial charge in [-0.2, -0.15) is 0 Å². The van der Waals surface area contributed by atoms with E-state index in [1.54, 1.807) is 0 Å². The number of aliphatic imine (C=N–C) groups is 1. The predicted molar refractivity (Wildman–Crippen MR) is 115 cm³/mol. The Morgan fingerprint density at radius 1 is 1.18 bits per heavy atom. The van der Waals surface area contributed by atoms with Crippen molar-refractivity contribution in [3.8, 4) is 5.75 Å². The first-order chi connectivity index (χ1) is 13.6. The van der Waals surface area contributed by atoms with Crippen LogP contribution >= 0.6 is 0 Å². The summed E-state index contributed by atoms with van der Waals surface area (Å²) in [6.45, 7) is 6.35. The molecule has 2 aliphatic heterocycles. The Morgan fingerprint density at radius 2 is 1.93 bits per heavy atom. The number of ether oxygens (including phenoxy) is 1. The predicted octanol–water partition coefficient (Wildman–Crippen LogP) is 2.74. The molecule has 0 bridgehead atoms. The SMILES string of the molecule is CCCCCC1(N)N=C(N)NC=C1Cc1ccc(OCCN2CCCC2)cc1. The molecule has 3 rings (SSSR count). The Morgan fingerprint density at radius 3 is 2.64 bits per heavy atom. The lowest BCUT2D eigenvalue weighted by atomic mass is 9.89. The van der Waals surface area contributed by atoms with E-state index in [9.17, 15) is 0 Å². The van der Waals surface area contributed by atoms with Crippen LogP contribution in [0.1, 0.15) is 51.0 Å². The van der Waals surface area contributed by atoms with Gasteiger partial charge in [-0.05, 0) is 68.5 Å². The number of nitrogens with zero attached hydrogens (tertiary/aromatic N) is 2. The number of likely N-dealkylation sites (tertiary alicyclic amines) is 1. The maximum absolute atomic E-state index is 6.63. The summed E-state index contributed by atoms with van der Waals surface area (Å²) in [5, 5.41) is 3.02. The number of unbranched alkanes of at least 4 members (excludes halogenated alkanes) is 2. The maximum atomic E-state index is 6.63. The first-order valence-corrected chi connectivity index (χ1v) is 10.6. The van der Waals surface area contributed by atoms with Gasteiger partial charge in [0.2, 0.25) is 0 Å². The van der Waals surface area contributed by atoms with Crippen LogP contribution < -0.4 is 21.5 Å². The molecule has 0 aromatic heterocycles. The highest BCUT2D eigenvalue weighted by Gasteiger charge is 2.31. The molecule has 28 heavy (non-hydrogen) atoms. The molecule has 0 spiro atoms. The van der Waals surface area contributed by atoms with E-state index in [2.05, 4.69) is 34.3 Å². The molecule has 2 heterocycles. The average molecular weight is 386 g/mol. The minimum atomic E-state index is -0.713. The van der Waals surface area contributed by atoms with Crippen LogP contribution in [-0.4, -0.2) is 42.8 Å². The van der Waals surface area contributed by atoms with Crippen molar-refractivity contribution < 1.29 is 4.74 Å². The zero-order valence-corrected chi connectivity index (χ0v) is 17.1. The van der Waals surface area contributed by atoms with E-state index in [-0.39, 0.29) is 0 Å². The van der Waals surface area contributed by atoms with E-state index in [1.165, 1.54) is 31.5 Å². The van der Waals surface area contributed by atoms with Crippen molar-refractivity contribution in [1.29, 1.82) is 0 Å². The molecule has 6 heteroatoms. The molecule has 1 aromatic carbocycles. The first-order valence-electron chi connectivity index (χ1n) is 10.6. The van der Waals surface area contributed by atoms with E-state index < -0.39 is 5.66 Å². The lowest BCUT2D eigenvalue weighted by Gasteiger charge is -2.32. The quantitative estimate of drug-likeness (QED) is 0.539. The smallest absolute Gasteiger partial charge is 0.194 e. The highest BCUT2D eigenvalue weighted by molar-refractivity contribution is 5.81. The summed E-state index contributed by atoms with van der Waals surface area (Å²) in [4.78, 5) is 6.98. The van der Waals surface area contributed by atoms with E-state index in [0.29, 0.717) is 5.96 Å². The van der Waals surface area contributed by atoms with Gasteiger partial charge in [-0.25, -0.2) is 4.99 Å². The van der Waals surface area contributed by atoms with Crippen molar-refractivity contribution in [3.05, 3.63) is 41.6 Å². The summed E-state index contributed by atoms with van der Waals surface area (Å²) < 4.78 is 5.90. The summed E-state index contributed by atoms with van der Waals surface area (Å²) in [6.07, 6.45) is 9.48. The molecular formula is C22H35N5O. The van der Waals surface area contributed by atoms with Gasteiger partial charge in [-0.15, -0.1) is 0 Å². The summed E-state index contributed by atoms with van der Waals surface area (Å²) in [6, 6.07) is 8.31. The van der Waals surface area contributed by atoms with Crippen molar-refractivity contribution in [1.82, 2.24) is 10.2 Å². The Balaban J connectivity index is 1.54. The topological polar surface area (TPSA) is 88.9 Å². The van der Waals surface area contributed by atoms with Crippen molar-refractivity contribution in [2.45, 2.75) is 57.5 Å². The van der Waals surface area contributed by atoms with Crippen LogP contribution in [0.2, 0.25) is 0 Å². The minimum Gasteiger partial charge on any atom is -0.492 e. The normalized spacial score (nSPS) is 22.5. The number of hydrogen-bond donors (Lipinski definition) is 3. The molecule has 0 amide bonds. The number of nitrogens with one attached hydrogen (secondary N) is 1. The Hall–Kier alpha value is -2.05. The largest absolute Gasteiger partial charge is 0.492 e. The van der Waals surface area contributed by atoms with Gasteiger partial charge in [-0.1, -0.05) is 31.9 Å². The fourth-order valence-electron chi connectivity index (χ4n) is 3.89. The van der Waals surface area contributed by atoms with Gasteiger partial charge < -0.3 is 21.5 Å². The summed E-state index contributed by atoms with van der Waals surface area (Å²) in [5.41, 5.74) is 14.1. The Bertz CT molecular complexity index is 679. The second-order valence-corrected chi connectivity index (χ2v) is 7.91. The molecule has 0 saturated carbocycles. The second-order valence-electron chi connectivity index (χ2n) is 7.91. The third-order valence-electron chi connectivity index (χ3n) is 5.62. The summed E-state index contributed by atoms with van der Waals surface area (Å²) in [5.74, 6) is 1.31. The molecule has 1 aromatic rings. The van der Waals surface area contributed by atoms with Crippen LogP contribution in [0.4, 0.5) is 0 Å². The van der Waals surface area contributed by atoms with Gasteiger partial charge >= 0.3 is 0 Å². The lowest BCUT2D eigenvalue weighted by Crippen LogP contribution is -2.48. The summed E-state index contributed by atoms with van der Waals surface area (Å²) >= 11 is 0. The van der Waals surface area contributed by atoms with Gasteiger partial charge in [0.05, 0.1) is 0 Å². The molecule has 0 aliphatic carbocycles. The monoisotopic (exact) mass is 385 g/mol. The van der Waals surface area contributed by atoms with Crippen LogP contribution in [0, 0.1) is 0 Å². The highest BCUT2D eigenvalue weighted by atomic mass is 16.5. The molecule has 1 atom stereocenters. The van der Waals surface area contributed by atoms with Crippen LogP contribution in [0.15, 0.2) is 41.0 Å². The number of nitrogens with two attached hydrogens (primary N) is 2. The van der Waals surface area contributed by atoms with Crippen molar-refractivity contribution in [3.63, 3.8) is 0 Å². The molecule has 154 valence electrons. The summed E-state index contributed by atoms with van der Waals surface area (Å²) in [7, 11) is 0. The van der Waals surface area contributed by atoms with E-state index in [1.807, 2.05) is 18.3 Å². The Kier molecular flexibility index (Phi) is 7.34. The number of benzene rings is 1. The first kappa shape index (κ1) is 20.7. The molecule has 0 radical (unpaired) electrons. The Labute approximate surface area is 169 Å². The van der Waals surface area contributed by atoms with Crippen molar-refractivity contribution >= 4 is 5.96 Å². The maximum Gasteiger partial charge on any atom is 0.194 e. The van der Waals surface area contributed by atoms with Crippen LogP contribution in [-0.2, 0) is 6.42 Å². The average Bonchev–Trinajstić information content (AvgIpc) is 3.19. The van der Waals surface area contributed by atoms with Crippen LogP contribution in [0.5, 0.6) is 5.75 Å². The molecular weight excluding hydrogens is 350 g/mol. The van der Waals surface area contributed by atoms with E-state index >= 15 is 0 Å². The van der Waals surface area contributed by atoms with Gasteiger partial charge in [0, 0.05) is 12.7 Å². The molecule has 1 saturated heterocycles. The number of rotatable bonds is 10. The third-order valence-corrected chi connectivity index (χ3v) is 5.62. The van der Waals surface area contributed by atoms with Crippen molar-refractivity contribution in [2.24, 2.45) is 16.5 Å². The van der Waals surface area contributed by atoms with E-state index in [4.69, 9.17) is 16.2 Å². The molecule has 6 nitrogen and oxygen atoms in total. The van der Waals surface area contributed by atoms with Gasteiger partial charge in [0.15, 0.2) is 5.96 Å². The zero-order chi connectivity index (χ0) is 19.8. The highest BCUT2D eigenvalue weighted by Crippen LogP contribution is 2.28. The minimum absolute atomic E-state index is 0.393. The van der Waals surface area contributed by atoms with Crippen molar-refractivity contribution in [2.75, 3.05) is 26.2 Å². The standard InChI is InChI=1S/C22H35N5O/c1-2-3-4-11-22(24)19(17-25-21(23)26-22)16-18-7-9-20(10-8-18)28-15-14-27-12-5-6-13-27/h7-10,17H,2-6,11-16,24H2,1H3,(H3,23,25,26). The molecule has 1 fully saturated rings. The molecule has 5 N–H and O–H groups in total. The van der Waals surface area contributed by atoms with Crippen LogP contribution in [0.3, 0.4) is 0 Å². The fourth-order valence-corrected chi connectivity index (χ4v) is 3.89. The van der Waals surface area contributed by atoms with Gasteiger partial charge in [0.1, 0.15) is 18.0 Å². The number of hydrogen-bond acceptors (Lipinski definition) is 6. The molecule has 1 unspecified atom stereocenters. The lowest BCUT2D eigenvalue weighted by molar-refractivity contribution is 0.238. The van der Waals surface area contributed by atoms with E-state index in [0.717, 1.165) is 56.6 Å².